The maximum atomic E-state index is 5.38. The van der Waals surface area contributed by atoms with Crippen LogP contribution in [0.1, 0.15) is 4.88 Å². The lowest BCUT2D eigenvalue weighted by Gasteiger charge is -1.99. The summed E-state index contributed by atoms with van der Waals surface area (Å²) >= 11 is 1.68. The number of thiophene rings is 1. The third-order valence-corrected chi connectivity index (χ3v) is 3.80. The van der Waals surface area contributed by atoms with Gasteiger partial charge in [0.25, 0.3) is 0 Å². The van der Waals surface area contributed by atoms with Gasteiger partial charge in [-0.3, -0.25) is 0 Å². The van der Waals surface area contributed by atoms with Crippen molar-refractivity contribution in [2.75, 3.05) is 0 Å². The third-order valence-electron chi connectivity index (χ3n) is 2.94. The molecule has 0 aliphatic carbocycles. The van der Waals surface area contributed by atoms with Gasteiger partial charge in [0.05, 0.1) is 12.8 Å². The summed E-state index contributed by atoms with van der Waals surface area (Å²) in [6.45, 7) is 0.656. The Morgan fingerprint density at radius 3 is 3.00 bits per heavy atom. The van der Waals surface area contributed by atoms with E-state index in [0.29, 0.717) is 29.2 Å². The lowest BCUT2D eigenvalue weighted by Crippen LogP contribution is -2.01. The maximum Gasteiger partial charge on any atom is 0.182 e. The van der Waals surface area contributed by atoms with E-state index in [0.717, 1.165) is 0 Å². The van der Waals surface area contributed by atoms with Crippen LogP contribution in [-0.2, 0) is 6.54 Å². The number of hydrogen-bond donors (Lipinski definition) is 0. The number of rotatable bonds is 3. The van der Waals surface area contributed by atoms with E-state index in [2.05, 4.69) is 26.3 Å². The standard InChI is InChI=1S/C13H9N5OS/c1-4-10(19-5-1)11-12-13(15-8-14-11)18(17-16-12)7-9-3-2-6-20-9/h1-6,8H,7H2. The second kappa shape index (κ2) is 4.53. The van der Waals surface area contributed by atoms with Gasteiger partial charge in [-0.1, -0.05) is 11.3 Å². The second-order valence-corrected chi connectivity index (χ2v) is 5.23. The average Bonchev–Trinajstić information content (AvgIpc) is 3.20. The summed E-state index contributed by atoms with van der Waals surface area (Å²) < 4.78 is 7.15. The van der Waals surface area contributed by atoms with Crippen LogP contribution in [-0.4, -0.2) is 25.0 Å². The van der Waals surface area contributed by atoms with Crippen LogP contribution in [0.15, 0.2) is 46.7 Å². The van der Waals surface area contributed by atoms with E-state index in [1.165, 1.54) is 11.2 Å². The lowest BCUT2D eigenvalue weighted by molar-refractivity contribution is 0.580. The fourth-order valence-electron chi connectivity index (χ4n) is 2.04. The van der Waals surface area contributed by atoms with Gasteiger partial charge in [-0.25, -0.2) is 14.6 Å². The van der Waals surface area contributed by atoms with Gasteiger partial charge in [-0.15, -0.1) is 16.4 Å². The quantitative estimate of drug-likeness (QED) is 0.578. The molecule has 0 saturated heterocycles. The molecule has 0 atom stereocenters. The molecule has 0 aromatic carbocycles. The van der Waals surface area contributed by atoms with Gasteiger partial charge < -0.3 is 4.42 Å². The van der Waals surface area contributed by atoms with E-state index in [1.807, 2.05) is 23.6 Å². The molecule has 0 unspecified atom stereocenters. The van der Waals surface area contributed by atoms with Crippen molar-refractivity contribution in [3.05, 3.63) is 47.1 Å². The molecule has 0 radical (unpaired) electrons. The smallest absolute Gasteiger partial charge is 0.182 e. The molecular weight excluding hydrogens is 274 g/mol. The molecule has 0 saturated carbocycles. The average molecular weight is 283 g/mol. The van der Waals surface area contributed by atoms with Gasteiger partial charge in [0.15, 0.2) is 16.9 Å². The van der Waals surface area contributed by atoms with Crippen LogP contribution in [0.2, 0.25) is 0 Å². The van der Waals surface area contributed by atoms with Crippen LogP contribution in [0.5, 0.6) is 0 Å². The third kappa shape index (κ3) is 1.79. The van der Waals surface area contributed by atoms with Gasteiger partial charge in [-0.05, 0) is 23.6 Å². The Morgan fingerprint density at radius 1 is 1.20 bits per heavy atom. The topological polar surface area (TPSA) is 69.6 Å². The molecule has 4 aromatic rings. The van der Waals surface area contributed by atoms with Crippen molar-refractivity contribution in [2.24, 2.45) is 0 Å². The number of fused-ring (bicyclic) bond motifs is 1. The van der Waals surface area contributed by atoms with E-state index in [9.17, 15) is 0 Å². The van der Waals surface area contributed by atoms with Gasteiger partial charge in [0.2, 0.25) is 0 Å². The summed E-state index contributed by atoms with van der Waals surface area (Å²) in [6, 6.07) is 7.74. The van der Waals surface area contributed by atoms with Crippen molar-refractivity contribution in [1.29, 1.82) is 0 Å². The molecule has 98 valence electrons. The van der Waals surface area contributed by atoms with E-state index in [-0.39, 0.29) is 0 Å². The Hall–Kier alpha value is -2.54. The monoisotopic (exact) mass is 283 g/mol. The van der Waals surface area contributed by atoms with Gasteiger partial charge in [-0.2, -0.15) is 0 Å². The van der Waals surface area contributed by atoms with E-state index in [1.54, 1.807) is 22.3 Å². The molecule has 0 bridgehead atoms. The van der Waals surface area contributed by atoms with Crippen LogP contribution in [0.4, 0.5) is 0 Å². The largest absolute Gasteiger partial charge is 0.463 e. The molecule has 20 heavy (non-hydrogen) atoms. The lowest BCUT2D eigenvalue weighted by atomic mass is 10.3. The fraction of sp³-hybridized carbons (Fsp3) is 0.0769. The fourth-order valence-corrected chi connectivity index (χ4v) is 2.73. The molecule has 7 heteroatoms. The molecule has 0 fully saturated rings. The molecule has 6 nitrogen and oxygen atoms in total. The number of nitrogens with zero attached hydrogens (tertiary/aromatic N) is 5. The van der Waals surface area contributed by atoms with Crippen LogP contribution in [0, 0.1) is 0 Å². The molecule has 4 heterocycles. The zero-order valence-corrected chi connectivity index (χ0v) is 11.1. The SMILES string of the molecule is c1coc(-c2ncnc3c2nnn3Cc2cccs2)c1. The maximum absolute atomic E-state index is 5.38. The highest BCUT2D eigenvalue weighted by Gasteiger charge is 2.15. The van der Waals surface area contributed by atoms with Crippen molar-refractivity contribution >= 4 is 22.5 Å². The van der Waals surface area contributed by atoms with Gasteiger partial charge in [0, 0.05) is 4.88 Å². The van der Waals surface area contributed by atoms with Crippen LogP contribution in [0.3, 0.4) is 0 Å². The minimum Gasteiger partial charge on any atom is -0.463 e. The predicted octanol–water partition coefficient (Wildman–Crippen LogP) is 2.59. The highest BCUT2D eigenvalue weighted by atomic mass is 32.1. The first kappa shape index (κ1) is 11.3. The summed E-state index contributed by atoms with van der Waals surface area (Å²) in [5.74, 6) is 0.667. The summed E-state index contributed by atoms with van der Waals surface area (Å²) in [7, 11) is 0. The summed E-state index contributed by atoms with van der Waals surface area (Å²) in [5, 5.41) is 10.4. The second-order valence-electron chi connectivity index (χ2n) is 4.20. The Balaban J connectivity index is 1.84. The molecule has 0 spiro atoms. The summed E-state index contributed by atoms with van der Waals surface area (Å²) in [5.41, 5.74) is 2.02. The van der Waals surface area contributed by atoms with Gasteiger partial charge >= 0.3 is 0 Å². The summed E-state index contributed by atoms with van der Waals surface area (Å²) in [4.78, 5) is 9.73. The van der Waals surface area contributed by atoms with Gasteiger partial charge in [0.1, 0.15) is 12.0 Å². The Labute approximate surface area is 117 Å². The first-order chi connectivity index (χ1) is 9.92. The minimum atomic E-state index is 0.652. The zero-order valence-electron chi connectivity index (χ0n) is 10.3. The van der Waals surface area contributed by atoms with Crippen molar-refractivity contribution in [3.63, 3.8) is 0 Å². The highest BCUT2D eigenvalue weighted by molar-refractivity contribution is 7.09. The molecule has 0 amide bonds. The van der Waals surface area contributed by atoms with E-state index < -0.39 is 0 Å². The molecule has 4 rings (SSSR count). The predicted molar refractivity (Wildman–Crippen MR) is 74.2 cm³/mol. The number of aromatic nitrogens is 5. The highest BCUT2D eigenvalue weighted by Crippen LogP contribution is 2.24. The number of hydrogen-bond acceptors (Lipinski definition) is 6. The first-order valence-electron chi connectivity index (χ1n) is 6.02. The molecular formula is C13H9N5OS. The van der Waals surface area contributed by atoms with Crippen LogP contribution in [0.25, 0.3) is 22.6 Å². The molecule has 4 aromatic heterocycles. The zero-order chi connectivity index (χ0) is 13.4. The van der Waals surface area contributed by atoms with Crippen molar-refractivity contribution in [1.82, 2.24) is 25.0 Å². The minimum absolute atomic E-state index is 0.652. The Bertz CT molecular complexity index is 835. The number of furan rings is 1. The molecule has 0 aliphatic rings. The Morgan fingerprint density at radius 2 is 2.20 bits per heavy atom. The molecule has 0 aliphatic heterocycles. The van der Waals surface area contributed by atoms with Crippen molar-refractivity contribution in [3.8, 4) is 11.5 Å². The van der Waals surface area contributed by atoms with Crippen LogP contribution >= 0.6 is 11.3 Å². The first-order valence-corrected chi connectivity index (χ1v) is 6.90. The van der Waals surface area contributed by atoms with Crippen molar-refractivity contribution < 1.29 is 4.42 Å². The van der Waals surface area contributed by atoms with E-state index >= 15 is 0 Å². The van der Waals surface area contributed by atoms with Crippen molar-refractivity contribution in [2.45, 2.75) is 6.54 Å². The molecule has 0 N–H and O–H groups in total. The summed E-state index contributed by atoms with van der Waals surface area (Å²) in [6.07, 6.45) is 3.12. The van der Waals surface area contributed by atoms with E-state index in [4.69, 9.17) is 4.42 Å². The Kier molecular flexibility index (Phi) is 2.56. The van der Waals surface area contributed by atoms with Crippen LogP contribution < -0.4 is 0 Å². The normalized spacial score (nSPS) is 11.2.